The van der Waals surface area contributed by atoms with E-state index in [-0.39, 0.29) is 5.91 Å². The number of hydrogen-bond acceptors (Lipinski definition) is 5. The molecule has 3 rings (SSSR count). The zero-order chi connectivity index (χ0) is 17.1. The van der Waals surface area contributed by atoms with Gasteiger partial charge in [-0.05, 0) is 37.3 Å². The Labute approximate surface area is 152 Å². The Kier molecular flexibility index (Phi) is 5.08. The highest BCUT2D eigenvalue weighted by atomic mass is 35.5. The smallest absolute Gasteiger partial charge is 0.267 e. The van der Waals surface area contributed by atoms with E-state index in [2.05, 4.69) is 15.6 Å². The van der Waals surface area contributed by atoms with E-state index in [9.17, 15) is 4.79 Å². The minimum absolute atomic E-state index is 0.241. The summed E-state index contributed by atoms with van der Waals surface area (Å²) in [5.41, 5.74) is 1.23. The molecule has 2 heterocycles. The number of hydrogen-bond donors (Lipinski definition) is 2. The fourth-order valence-corrected chi connectivity index (χ4v) is 3.18. The van der Waals surface area contributed by atoms with E-state index in [1.807, 2.05) is 12.1 Å². The Balaban J connectivity index is 1.69. The van der Waals surface area contributed by atoms with Gasteiger partial charge in [-0.15, -0.1) is 0 Å². The zero-order valence-electron chi connectivity index (χ0n) is 12.6. The average Bonchev–Trinajstić information content (AvgIpc) is 3.18. The number of rotatable bonds is 5. The lowest BCUT2D eigenvalue weighted by atomic mass is 10.3. The molecule has 0 atom stereocenters. The lowest BCUT2D eigenvalue weighted by molar-refractivity contribution is 0.103. The second kappa shape index (κ2) is 7.25. The Morgan fingerprint density at radius 3 is 2.83 bits per heavy atom. The summed E-state index contributed by atoms with van der Waals surface area (Å²) in [7, 11) is 0. The molecule has 2 aromatic heterocycles. The average molecular weight is 382 g/mol. The summed E-state index contributed by atoms with van der Waals surface area (Å²) in [6.45, 7) is 2.30. The van der Waals surface area contributed by atoms with Crippen LogP contribution in [-0.2, 0) is 6.54 Å². The SMILES string of the molecule is Cc1nc(NCc2ccco2)sc1C(=O)Nc1ccc(Cl)c(Cl)c1. The van der Waals surface area contributed by atoms with Gasteiger partial charge in [0.25, 0.3) is 5.91 Å². The van der Waals surface area contributed by atoms with Crippen LogP contribution in [0.1, 0.15) is 21.1 Å². The van der Waals surface area contributed by atoms with Crippen molar-refractivity contribution in [2.45, 2.75) is 13.5 Å². The number of benzene rings is 1. The molecular weight excluding hydrogens is 369 g/mol. The number of thiazole rings is 1. The van der Waals surface area contributed by atoms with Gasteiger partial charge in [0.1, 0.15) is 10.6 Å². The van der Waals surface area contributed by atoms with Gasteiger partial charge in [0.2, 0.25) is 0 Å². The van der Waals surface area contributed by atoms with E-state index in [0.29, 0.717) is 38.0 Å². The number of aryl methyl sites for hydroxylation is 1. The first-order chi connectivity index (χ1) is 11.5. The molecule has 24 heavy (non-hydrogen) atoms. The maximum Gasteiger partial charge on any atom is 0.267 e. The summed E-state index contributed by atoms with van der Waals surface area (Å²) >= 11 is 13.1. The summed E-state index contributed by atoms with van der Waals surface area (Å²) in [5.74, 6) is 0.555. The molecule has 0 bridgehead atoms. The van der Waals surface area contributed by atoms with E-state index in [0.717, 1.165) is 5.76 Å². The van der Waals surface area contributed by atoms with Gasteiger partial charge >= 0.3 is 0 Å². The van der Waals surface area contributed by atoms with E-state index in [1.165, 1.54) is 11.3 Å². The van der Waals surface area contributed by atoms with Crippen LogP contribution in [0.5, 0.6) is 0 Å². The molecule has 0 unspecified atom stereocenters. The minimum atomic E-state index is -0.241. The predicted molar refractivity (Wildman–Crippen MR) is 97.3 cm³/mol. The number of anilines is 2. The van der Waals surface area contributed by atoms with Gasteiger partial charge in [0.15, 0.2) is 5.13 Å². The predicted octanol–water partition coefficient (Wildman–Crippen LogP) is 5.22. The van der Waals surface area contributed by atoms with Crippen LogP contribution in [0.2, 0.25) is 10.0 Å². The van der Waals surface area contributed by atoms with Crippen LogP contribution < -0.4 is 10.6 Å². The summed E-state index contributed by atoms with van der Waals surface area (Å²) in [5, 5.41) is 7.41. The first kappa shape index (κ1) is 16.8. The maximum absolute atomic E-state index is 12.4. The van der Waals surface area contributed by atoms with Gasteiger partial charge in [-0.25, -0.2) is 4.98 Å². The van der Waals surface area contributed by atoms with Gasteiger partial charge in [0, 0.05) is 5.69 Å². The number of carbonyl (C=O) groups is 1. The van der Waals surface area contributed by atoms with Crippen molar-refractivity contribution in [3.05, 3.63) is 63.0 Å². The third kappa shape index (κ3) is 3.90. The molecule has 0 spiro atoms. The molecule has 0 saturated heterocycles. The van der Waals surface area contributed by atoms with E-state index in [4.69, 9.17) is 27.6 Å². The molecule has 1 amide bonds. The van der Waals surface area contributed by atoms with Crippen molar-refractivity contribution in [1.29, 1.82) is 0 Å². The Morgan fingerprint density at radius 2 is 2.12 bits per heavy atom. The Hall–Kier alpha value is -2.02. The first-order valence-electron chi connectivity index (χ1n) is 7.03. The van der Waals surface area contributed by atoms with Gasteiger partial charge in [0.05, 0.1) is 28.5 Å². The number of nitrogens with zero attached hydrogens (tertiary/aromatic N) is 1. The highest BCUT2D eigenvalue weighted by Crippen LogP contribution is 2.27. The van der Waals surface area contributed by atoms with Gasteiger partial charge in [-0.1, -0.05) is 34.5 Å². The minimum Gasteiger partial charge on any atom is -0.467 e. The Morgan fingerprint density at radius 1 is 1.29 bits per heavy atom. The van der Waals surface area contributed by atoms with Crippen molar-refractivity contribution in [2.24, 2.45) is 0 Å². The molecule has 5 nitrogen and oxygen atoms in total. The molecule has 2 N–H and O–H groups in total. The summed E-state index contributed by atoms with van der Waals surface area (Å²) in [6.07, 6.45) is 1.61. The molecule has 0 radical (unpaired) electrons. The summed E-state index contributed by atoms with van der Waals surface area (Å²) in [6, 6.07) is 8.62. The molecule has 3 aromatic rings. The van der Waals surface area contributed by atoms with Crippen molar-refractivity contribution < 1.29 is 9.21 Å². The van der Waals surface area contributed by atoms with Crippen LogP contribution in [0.4, 0.5) is 10.8 Å². The van der Waals surface area contributed by atoms with Crippen LogP contribution >= 0.6 is 34.5 Å². The van der Waals surface area contributed by atoms with Crippen molar-refractivity contribution in [1.82, 2.24) is 4.98 Å². The quantitative estimate of drug-likeness (QED) is 0.635. The summed E-state index contributed by atoms with van der Waals surface area (Å²) in [4.78, 5) is 17.3. The molecule has 0 aliphatic rings. The van der Waals surface area contributed by atoms with Gasteiger partial charge < -0.3 is 15.1 Å². The van der Waals surface area contributed by atoms with Crippen molar-refractivity contribution >= 4 is 51.3 Å². The first-order valence-corrected chi connectivity index (χ1v) is 8.60. The topological polar surface area (TPSA) is 67.2 Å². The molecular formula is C16H13Cl2N3O2S. The number of nitrogens with one attached hydrogen (secondary N) is 2. The molecule has 0 aliphatic carbocycles. The van der Waals surface area contributed by atoms with E-state index < -0.39 is 0 Å². The molecule has 1 aromatic carbocycles. The van der Waals surface area contributed by atoms with Crippen LogP contribution in [-0.4, -0.2) is 10.9 Å². The lowest BCUT2D eigenvalue weighted by Gasteiger charge is -2.05. The van der Waals surface area contributed by atoms with Crippen LogP contribution in [0.25, 0.3) is 0 Å². The lowest BCUT2D eigenvalue weighted by Crippen LogP contribution is -2.11. The normalized spacial score (nSPS) is 10.6. The van der Waals surface area contributed by atoms with E-state index >= 15 is 0 Å². The number of carbonyl (C=O) groups excluding carboxylic acids is 1. The number of halogens is 2. The monoisotopic (exact) mass is 381 g/mol. The fourth-order valence-electron chi connectivity index (χ4n) is 2.02. The third-order valence-corrected chi connectivity index (χ3v) is 5.03. The second-order valence-electron chi connectivity index (χ2n) is 4.95. The van der Waals surface area contributed by atoms with Gasteiger partial charge in [-0.2, -0.15) is 0 Å². The number of aromatic nitrogens is 1. The largest absolute Gasteiger partial charge is 0.467 e. The standard InChI is InChI=1S/C16H13Cl2N3O2S/c1-9-14(15(22)21-10-4-5-12(17)13(18)7-10)24-16(20-9)19-8-11-3-2-6-23-11/h2-7H,8H2,1H3,(H,19,20)(H,21,22). The second-order valence-corrected chi connectivity index (χ2v) is 6.76. The molecule has 124 valence electrons. The van der Waals surface area contributed by atoms with Crippen LogP contribution in [0, 0.1) is 6.92 Å². The van der Waals surface area contributed by atoms with E-state index in [1.54, 1.807) is 31.4 Å². The van der Waals surface area contributed by atoms with Crippen LogP contribution in [0.3, 0.4) is 0 Å². The Bertz CT molecular complexity index is 862. The maximum atomic E-state index is 12.4. The molecule has 0 aliphatic heterocycles. The zero-order valence-corrected chi connectivity index (χ0v) is 14.9. The number of furan rings is 1. The van der Waals surface area contributed by atoms with Crippen molar-refractivity contribution in [3.8, 4) is 0 Å². The molecule has 0 saturated carbocycles. The van der Waals surface area contributed by atoms with Crippen molar-refractivity contribution in [2.75, 3.05) is 10.6 Å². The van der Waals surface area contributed by atoms with Gasteiger partial charge in [-0.3, -0.25) is 4.79 Å². The molecule has 8 heteroatoms. The third-order valence-electron chi connectivity index (χ3n) is 3.17. The fraction of sp³-hybridized carbons (Fsp3) is 0.125. The highest BCUT2D eigenvalue weighted by Gasteiger charge is 2.16. The molecule has 0 fully saturated rings. The van der Waals surface area contributed by atoms with Crippen LogP contribution in [0.15, 0.2) is 41.0 Å². The summed E-state index contributed by atoms with van der Waals surface area (Å²) < 4.78 is 5.25. The van der Waals surface area contributed by atoms with Crippen molar-refractivity contribution in [3.63, 3.8) is 0 Å². The highest BCUT2D eigenvalue weighted by molar-refractivity contribution is 7.17. The number of amides is 1.